The first-order valence-corrected chi connectivity index (χ1v) is 23.1. The monoisotopic (exact) mass is 932 g/mol. The minimum atomic E-state index is -1.43. The van der Waals surface area contributed by atoms with Crippen LogP contribution in [-0.2, 0) is 41.5 Å². The number of hydrogen-bond acceptors (Lipinski definition) is 9. The van der Waals surface area contributed by atoms with Crippen molar-refractivity contribution in [3.8, 4) is 5.75 Å². The van der Waals surface area contributed by atoms with Crippen molar-refractivity contribution >= 4 is 54.2 Å². The number of rotatable bonds is 19. The molecule has 0 aliphatic carbocycles. The summed E-state index contributed by atoms with van der Waals surface area (Å²) in [5.74, 6) is -3.55. The van der Waals surface area contributed by atoms with Crippen LogP contribution in [0.3, 0.4) is 0 Å². The summed E-state index contributed by atoms with van der Waals surface area (Å²) < 4.78 is 3.47. The zero-order valence-corrected chi connectivity index (χ0v) is 40.0. The van der Waals surface area contributed by atoms with Crippen molar-refractivity contribution < 1.29 is 38.9 Å². The number of aryl methyl sites for hydroxylation is 2. The minimum absolute atomic E-state index is 0.0181. The number of carboxylic acids is 1. The molecule has 0 radical (unpaired) electrons. The summed E-state index contributed by atoms with van der Waals surface area (Å²) >= 11 is 5.85. The zero-order chi connectivity index (χ0) is 48.2. The molecule has 5 rings (SSSR count). The topological polar surface area (TPSA) is 183 Å². The lowest BCUT2D eigenvalue weighted by Crippen LogP contribution is -2.60. The summed E-state index contributed by atoms with van der Waals surface area (Å²) in [7, 11) is 0. The van der Waals surface area contributed by atoms with Crippen LogP contribution in [0.2, 0.25) is 0 Å². The number of alkyl carbamates (subject to hydrolysis) is 1. The van der Waals surface area contributed by atoms with Crippen molar-refractivity contribution in [2.75, 3.05) is 5.75 Å². The maximum absolute atomic E-state index is 15.1. The average Bonchev–Trinajstić information content (AvgIpc) is 3.26. The van der Waals surface area contributed by atoms with Crippen LogP contribution in [-0.4, -0.2) is 80.3 Å². The number of ether oxygens (including phenoxy) is 1. The Kier molecular flexibility index (Phi) is 17.1. The SMILES string of the molecule is Cc1cc(O)cc(C)c1C[C@H](NC(=O)OC(C)(C)C)C(=O)N[C@@H](CSC(c1ccccc1)(c1ccccc1)c1ccccc1)C(=O)N[C@H](Cc1ccccc1)C(=O)N[C@@H](C(=O)O)C(C)(C)S. The molecule has 0 aromatic heterocycles. The van der Waals surface area contributed by atoms with Crippen LogP contribution in [0.1, 0.15) is 73.6 Å². The molecule has 12 nitrogen and oxygen atoms in total. The van der Waals surface area contributed by atoms with Crippen molar-refractivity contribution in [2.24, 2.45) is 0 Å². The number of benzene rings is 5. The fourth-order valence-corrected chi connectivity index (χ4v) is 9.44. The Hall–Kier alpha value is -6.25. The molecule has 0 unspecified atom stereocenters. The van der Waals surface area contributed by atoms with E-state index in [2.05, 4.69) is 33.9 Å². The van der Waals surface area contributed by atoms with Crippen molar-refractivity contribution in [3.63, 3.8) is 0 Å². The van der Waals surface area contributed by atoms with E-state index in [-0.39, 0.29) is 24.3 Å². The fourth-order valence-electron chi connectivity index (χ4n) is 7.70. The van der Waals surface area contributed by atoms with Crippen LogP contribution in [0, 0.1) is 13.8 Å². The molecule has 348 valence electrons. The molecule has 6 N–H and O–H groups in total. The Morgan fingerprint density at radius 2 is 1.02 bits per heavy atom. The van der Waals surface area contributed by atoms with Gasteiger partial charge < -0.3 is 36.2 Å². The molecule has 0 fully saturated rings. The number of thioether (sulfide) groups is 1. The number of aliphatic carboxylic acids is 1. The molecule has 4 amide bonds. The summed E-state index contributed by atoms with van der Waals surface area (Å²) in [4.78, 5) is 69.9. The van der Waals surface area contributed by atoms with Gasteiger partial charge in [0.15, 0.2) is 0 Å². The highest BCUT2D eigenvalue weighted by atomic mass is 32.2. The van der Waals surface area contributed by atoms with Crippen molar-refractivity contribution in [2.45, 2.75) is 101 Å². The summed E-state index contributed by atoms with van der Waals surface area (Å²) in [5, 5.41) is 31.6. The van der Waals surface area contributed by atoms with Gasteiger partial charge in [-0.25, -0.2) is 9.59 Å². The molecule has 5 aromatic rings. The van der Waals surface area contributed by atoms with Crippen LogP contribution in [0.15, 0.2) is 133 Å². The maximum Gasteiger partial charge on any atom is 0.408 e. The third-order valence-electron chi connectivity index (χ3n) is 10.9. The van der Waals surface area contributed by atoms with Crippen LogP contribution >= 0.6 is 24.4 Å². The van der Waals surface area contributed by atoms with Crippen LogP contribution in [0.4, 0.5) is 4.79 Å². The number of phenols is 1. The second kappa shape index (κ2) is 22.3. The Bertz CT molecular complexity index is 2320. The zero-order valence-electron chi connectivity index (χ0n) is 38.3. The van der Waals surface area contributed by atoms with Gasteiger partial charge in [-0.05, 0) is 99.5 Å². The van der Waals surface area contributed by atoms with Gasteiger partial charge in [0.25, 0.3) is 0 Å². The van der Waals surface area contributed by atoms with Gasteiger partial charge >= 0.3 is 12.1 Å². The van der Waals surface area contributed by atoms with Gasteiger partial charge in [0, 0.05) is 23.3 Å². The van der Waals surface area contributed by atoms with E-state index < -0.39 is 69.0 Å². The molecule has 0 heterocycles. The predicted molar refractivity (Wildman–Crippen MR) is 263 cm³/mol. The van der Waals surface area contributed by atoms with E-state index in [9.17, 15) is 29.4 Å². The van der Waals surface area contributed by atoms with Crippen molar-refractivity contribution in [1.82, 2.24) is 21.3 Å². The number of aromatic hydroxyl groups is 1. The number of hydrogen-bond donors (Lipinski definition) is 7. The quantitative estimate of drug-likeness (QED) is 0.0323. The van der Waals surface area contributed by atoms with E-state index in [1.54, 1.807) is 84.9 Å². The van der Waals surface area contributed by atoms with E-state index in [1.807, 2.05) is 97.1 Å². The van der Waals surface area contributed by atoms with Crippen molar-refractivity contribution in [1.29, 1.82) is 0 Å². The number of phenolic OH excluding ortho intramolecular Hbond substituents is 1. The molecule has 0 bridgehead atoms. The lowest BCUT2D eigenvalue weighted by molar-refractivity contribution is -0.143. The molecule has 0 aliphatic rings. The van der Waals surface area contributed by atoms with Crippen molar-refractivity contribution in [3.05, 3.63) is 172 Å². The Balaban J connectivity index is 1.62. The van der Waals surface area contributed by atoms with E-state index in [0.717, 1.165) is 16.7 Å². The van der Waals surface area contributed by atoms with E-state index in [0.29, 0.717) is 22.3 Å². The Morgan fingerprint density at radius 3 is 1.45 bits per heavy atom. The Labute approximate surface area is 397 Å². The smallest absolute Gasteiger partial charge is 0.408 e. The lowest BCUT2D eigenvalue weighted by atomic mass is 9.84. The third kappa shape index (κ3) is 13.6. The third-order valence-corrected chi connectivity index (χ3v) is 12.8. The number of carbonyl (C=O) groups excluding carboxylic acids is 4. The molecule has 5 aromatic carbocycles. The fraction of sp³-hybridized carbons (Fsp3) is 0.327. The highest BCUT2D eigenvalue weighted by Crippen LogP contribution is 2.48. The standard InChI is InChI=1S/C52H60N4O8S2/c1-33-28-39(57)29-34(2)40(33)31-42(55-49(63)64-50(3,4)5)45(58)54-43(47(60)53-41(30-35-20-12-8-13-21-35)46(59)56-44(48(61)62)51(6,7)65)32-66-52(36-22-14-9-15-23-36,37-24-16-10-17-25-37)38-26-18-11-19-27-38/h8-29,41-44,57,65H,30-32H2,1-7H3,(H,53,60)(H,54,58)(H,55,63)(H,56,59)(H,61,62)/t41-,42+,43+,44+/m1/s1. The first kappa shape index (κ1) is 50.7. The summed E-state index contributed by atoms with van der Waals surface area (Å²) in [5.41, 5.74) is 4.53. The first-order valence-electron chi connectivity index (χ1n) is 21.7. The van der Waals surface area contributed by atoms with Crippen LogP contribution in [0.5, 0.6) is 5.75 Å². The molecular weight excluding hydrogens is 873 g/mol. The number of carboxylic acid groups (broad SMARTS) is 1. The molecule has 14 heteroatoms. The molecule has 0 saturated heterocycles. The van der Waals surface area contributed by atoms with Gasteiger partial charge in [0.05, 0.1) is 4.75 Å². The second-order valence-electron chi connectivity index (χ2n) is 17.8. The Morgan fingerprint density at radius 1 is 0.606 bits per heavy atom. The van der Waals surface area contributed by atoms with Gasteiger partial charge in [-0.2, -0.15) is 12.6 Å². The summed E-state index contributed by atoms with van der Waals surface area (Å²) in [6.45, 7) is 11.8. The molecule has 66 heavy (non-hydrogen) atoms. The van der Waals surface area contributed by atoms with E-state index in [4.69, 9.17) is 4.74 Å². The first-order chi connectivity index (χ1) is 31.2. The van der Waals surface area contributed by atoms with E-state index >= 15 is 4.79 Å². The lowest BCUT2D eigenvalue weighted by Gasteiger charge is -2.37. The normalized spacial score (nSPS) is 13.6. The van der Waals surface area contributed by atoms with Crippen LogP contribution < -0.4 is 21.3 Å². The highest BCUT2D eigenvalue weighted by molar-refractivity contribution is 8.00. The van der Waals surface area contributed by atoms with Crippen LogP contribution in [0.25, 0.3) is 0 Å². The van der Waals surface area contributed by atoms with Gasteiger partial charge in [-0.3, -0.25) is 14.4 Å². The van der Waals surface area contributed by atoms with Gasteiger partial charge in [-0.15, -0.1) is 11.8 Å². The minimum Gasteiger partial charge on any atom is -0.508 e. The predicted octanol–water partition coefficient (Wildman–Crippen LogP) is 7.66. The van der Waals surface area contributed by atoms with E-state index in [1.165, 1.54) is 11.8 Å². The maximum atomic E-state index is 15.1. The number of nitrogens with one attached hydrogen (secondary N) is 4. The van der Waals surface area contributed by atoms with Gasteiger partial charge in [-0.1, -0.05) is 121 Å². The summed E-state index contributed by atoms with van der Waals surface area (Å²) in [6.07, 6.45) is -0.903. The summed E-state index contributed by atoms with van der Waals surface area (Å²) in [6, 6.07) is 36.1. The molecule has 0 aliphatic heterocycles. The van der Waals surface area contributed by atoms with Gasteiger partial charge in [0.1, 0.15) is 35.5 Å². The van der Waals surface area contributed by atoms with Gasteiger partial charge in [0.2, 0.25) is 17.7 Å². The second-order valence-corrected chi connectivity index (χ2v) is 20.2. The average molecular weight is 933 g/mol. The molecule has 4 atom stereocenters. The number of amides is 4. The molecule has 0 saturated carbocycles. The largest absolute Gasteiger partial charge is 0.508 e. The number of thiol groups is 1. The molecular formula is C52H60N4O8S2. The molecule has 0 spiro atoms. The number of carbonyl (C=O) groups is 5. The highest BCUT2D eigenvalue weighted by Gasteiger charge is 2.41.